The maximum absolute atomic E-state index is 6.12. The number of anilines is 1. The number of nitrogen functional groups attached to an aromatic ring is 1. The molecule has 2 aromatic heterocycles. The van der Waals surface area contributed by atoms with Gasteiger partial charge < -0.3 is 10.3 Å². The molecule has 0 aliphatic heterocycles. The van der Waals surface area contributed by atoms with Crippen LogP contribution in [0.1, 0.15) is 39.0 Å². The summed E-state index contributed by atoms with van der Waals surface area (Å²) in [6.45, 7) is 3.22. The van der Waals surface area contributed by atoms with Crippen molar-refractivity contribution in [2.24, 2.45) is 0 Å². The fourth-order valence-electron chi connectivity index (χ4n) is 2.99. The zero-order chi connectivity index (χ0) is 16.1. The fraction of sp³-hybridized carbons (Fsp3) is 0.368. The van der Waals surface area contributed by atoms with Crippen LogP contribution in [0.5, 0.6) is 0 Å². The van der Waals surface area contributed by atoms with Gasteiger partial charge in [-0.05, 0) is 30.7 Å². The smallest absolute Gasteiger partial charge is 0.141 e. The maximum Gasteiger partial charge on any atom is 0.141 e. The number of nitrogens with zero attached hydrogens (tertiary/aromatic N) is 3. The average Bonchev–Trinajstić information content (AvgIpc) is 2.96. The van der Waals surface area contributed by atoms with E-state index in [0.717, 1.165) is 34.7 Å². The molecule has 0 atom stereocenters. The lowest BCUT2D eigenvalue weighted by molar-refractivity contribution is 0.578. The van der Waals surface area contributed by atoms with Crippen LogP contribution in [-0.4, -0.2) is 14.5 Å². The highest BCUT2D eigenvalue weighted by atomic mass is 15.1. The van der Waals surface area contributed by atoms with Gasteiger partial charge in [-0.25, -0.2) is 4.98 Å². The third kappa shape index (κ3) is 3.36. The number of imidazole rings is 1. The molecule has 23 heavy (non-hydrogen) atoms. The van der Waals surface area contributed by atoms with Gasteiger partial charge in [0, 0.05) is 24.5 Å². The standard InChI is InChI=1S/C19H24N4/c1-2-3-4-5-6-14-23-17-9-7-8-16(20)18(17)22-19(23)15-10-12-21-13-11-15/h7-13H,2-6,14,20H2,1H3. The van der Waals surface area contributed by atoms with Crippen LogP contribution >= 0.6 is 0 Å². The van der Waals surface area contributed by atoms with Gasteiger partial charge in [0.05, 0.1) is 11.2 Å². The highest BCUT2D eigenvalue weighted by Crippen LogP contribution is 2.28. The molecule has 3 aromatic rings. The lowest BCUT2D eigenvalue weighted by Crippen LogP contribution is -2.01. The molecule has 0 amide bonds. The minimum atomic E-state index is 0.738. The van der Waals surface area contributed by atoms with Crippen molar-refractivity contribution in [3.8, 4) is 11.4 Å². The van der Waals surface area contributed by atoms with Crippen molar-refractivity contribution in [2.75, 3.05) is 5.73 Å². The maximum atomic E-state index is 6.12. The Morgan fingerprint density at radius 3 is 2.57 bits per heavy atom. The third-order valence-corrected chi connectivity index (χ3v) is 4.23. The van der Waals surface area contributed by atoms with E-state index >= 15 is 0 Å². The minimum Gasteiger partial charge on any atom is -0.397 e. The number of unbranched alkanes of at least 4 members (excludes halogenated alkanes) is 4. The summed E-state index contributed by atoms with van der Waals surface area (Å²) in [5.74, 6) is 0.982. The van der Waals surface area contributed by atoms with Crippen molar-refractivity contribution in [3.05, 3.63) is 42.7 Å². The number of benzene rings is 1. The number of aromatic nitrogens is 3. The summed E-state index contributed by atoms with van der Waals surface area (Å²) in [6.07, 6.45) is 9.93. The van der Waals surface area contributed by atoms with E-state index in [4.69, 9.17) is 10.7 Å². The topological polar surface area (TPSA) is 56.7 Å². The molecule has 0 radical (unpaired) electrons. The van der Waals surface area contributed by atoms with Crippen LogP contribution in [-0.2, 0) is 6.54 Å². The first-order chi connectivity index (χ1) is 11.3. The molecular formula is C19H24N4. The second kappa shape index (κ2) is 7.27. The first kappa shape index (κ1) is 15.5. The summed E-state index contributed by atoms with van der Waals surface area (Å²) in [4.78, 5) is 8.91. The number of para-hydroxylation sites is 1. The quantitative estimate of drug-likeness (QED) is 0.510. The highest BCUT2D eigenvalue weighted by molar-refractivity contribution is 5.90. The van der Waals surface area contributed by atoms with Crippen molar-refractivity contribution in [3.63, 3.8) is 0 Å². The van der Waals surface area contributed by atoms with Crippen LogP contribution in [0.25, 0.3) is 22.4 Å². The lowest BCUT2D eigenvalue weighted by Gasteiger charge is -2.09. The Bertz CT molecular complexity index is 762. The van der Waals surface area contributed by atoms with E-state index < -0.39 is 0 Å². The predicted octanol–water partition coefficient (Wildman–Crippen LogP) is 4.65. The Hall–Kier alpha value is -2.36. The van der Waals surface area contributed by atoms with E-state index in [9.17, 15) is 0 Å². The molecule has 0 unspecified atom stereocenters. The van der Waals surface area contributed by atoms with E-state index in [1.807, 2.05) is 36.7 Å². The van der Waals surface area contributed by atoms with Crippen molar-refractivity contribution in [1.29, 1.82) is 0 Å². The molecule has 120 valence electrons. The Kier molecular flexibility index (Phi) is 4.91. The predicted molar refractivity (Wildman–Crippen MR) is 96.1 cm³/mol. The van der Waals surface area contributed by atoms with Gasteiger partial charge in [-0.3, -0.25) is 4.98 Å². The Morgan fingerprint density at radius 1 is 1.00 bits per heavy atom. The summed E-state index contributed by atoms with van der Waals surface area (Å²) in [5.41, 5.74) is 9.96. The number of fused-ring (bicyclic) bond motifs is 1. The van der Waals surface area contributed by atoms with Crippen molar-refractivity contribution >= 4 is 16.7 Å². The number of rotatable bonds is 7. The molecular weight excluding hydrogens is 284 g/mol. The second-order valence-corrected chi connectivity index (χ2v) is 5.95. The van der Waals surface area contributed by atoms with Crippen molar-refractivity contribution in [1.82, 2.24) is 14.5 Å². The lowest BCUT2D eigenvalue weighted by atomic mass is 10.1. The molecule has 0 spiro atoms. The first-order valence-corrected chi connectivity index (χ1v) is 8.46. The largest absolute Gasteiger partial charge is 0.397 e. The van der Waals surface area contributed by atoms with Crippen LogP contribution in [0.4, 0.5) is 5.69 Å². The van der Waals surface area contributed by atoms with Crippen LogP contribution in [0.3, 0.4) is 0 Å². The van der Waals surface area contributed by atoms with E-state index in [2.05, 4.69) is 22.5 Å². The molecule has 0 fully saturated rings. The second-order valence-electron chi connectivity index (χ2n) is 5.95. The minimum absolute atomic E-state index is 0.738. The number of hydrogen-bond donors (Lipinski definition) is 1. The summed E-state index contributed by atoms with van der Waals surface area (Å²) >= 11 is 0. The van der Waals surface area contributed by atoms with Crippen LogP contribution in [0.15, 0.2) is 42.7 Å². The summed E-state index contributed by atoms with van der Waals surface area (Å²) in [5, 5.41) is 0. The Morgan fingerprint density at radius 2 is 1.78 bits per heavy atom. The molecule has 4 nitrogen and oxygen atoms in total. The van der Waals surface area contributed by atoms with Gasteiger partial charge in [0.15, 0.2) is 0 Å². The van der Waals surface area contributed by atoms with Crippen molar-refractivity contribution < 1.29 is 0 Å². The zero-order valence-corrected chi connectivity index (χ0v) is 13.7. The molecule has 0 bridgehead atoms. The molecule has 3 rings (SSSR count). The Balaban J connectivity index is 1.94. The van der Waals surface area contributed by atoms with Gasteiger partial charge in [0.25, 0.3) is 0 Å². The third-order valence-electron chi connectivity index (χ3n) is 4.23. The van der Waals surface area contributed by atoms with E-state index in [-0.39, 0.29) is 0 Å². The molecule has 0 aliphatic carbocycles. The molecule has 2 N–H and O–H groups in total. The average molecular weight is 308 g/mol. The molecule has 2 heterocycles. The van der Waals surface area contributed by atoms with E-state index in [1.54, 1.807) is 0 Å². The summed E-state index contributed by atoms with van der Waals surface area (Å²) in [6, 6.07) is 10.0. The normalized spacial score (nSPS) is 11.2. The van der Waals surface area contributed by atoms with E-state index in [1.165, 1.54) is 32.1 Å². The van der Waals surface area contributed by atoms with Gasteiger partial charge >= 0.3 is 0 Å². The molecule has 0 saturated carbocycles. The Labute approximate surface area is 137 Å². The van der Waals surface area contributed by atoms with Gasteiger partial charge in [0.2, 0.25) is 0 Å². The van der Waals surface area contributed by atoms with Gasteiger partial charge in [-0.1, -0.05) is 38.7 Å². The molecule has 0 aliphatic rings. The molecule has 0 saturated heterocycles. The highest BCUT2D eigenvalue weighted by Gasteiger charge is 2.13. The zero-order valence-electron chi connectivity index (χ0n) is 13.7. The number of hydrogen-bond acceptors (Lipinski definition) is 3. The van der Waals surface area contributed by atoms with Crippen molar-refractivity contribution in [2.45, 2.75) is 45.6 Å². The number of nitrogens with two attached hydrogens (primary N) is 1. The summed E-state index contributed by atoms with van der Waals surface area (Å²) in [7, 11) is 0. The van der Waals surface area contributed by atoms with Gasteiger partial charge in [-0.2, -0.15) is 0 Å². The van der Waals surface area contributed by atoms with Gasteiger partial charge in [0.1, 0.15) is 11.3 Å². The van der Waals surface area contributed by atoms with Gasteiger partial charge in [-0.15, -0.1) is 0 Å². The number of pyridine rings is 1. The SMILES string of the molecule is CCCCCCCn1c(-c2ccncc2)nc2c(N)cccc21. The monoisotopic (exact) mass is 308 g/mol. The van der Waals surface area contributed by atoms with Crippen LogP contribution < -0.4 is 5.73 Å². The van der Waals surface area contributed by atoms with Crippen LogP contribution in [0, 0.1) is 0 Å². The first-order valence-electron chi connectivity index (χ1n) is 8.46. The molecule has 1 aromatic carbocycles. The van der Waals surface area contributed by atoms with E-state index in [0.29, 0.717) is 0 Å². The van der Waals surface area contributed by atoms with Crippen LogP contribution in [0.2, 0.25) is 0 Å². The molecule has 4 heteroatoms. The number of aryl methyl sites for hydroxylation is 1. The summed E-state index contributed by atoms with van der Waals surface area (Å²) < 4.78 is 2.30. The fourth-order valence-corrected chi connectivity index (χ4v) is 2.99.